The molecule has 110 valence electrons. The van der Waals surface area contributed by atoms with Gasteiger partial charge in [-0.1, -0.05) is 6.07 Å². The zero-order valence-corrected chi connectivity index (χ0v) is 12.4. The molecule has 2 heterocycles. The second-order valence-corrected chi connectivity index (χ2v) is 5.99. The molecule has 20 heavy (non-hydrogen) atoms. The molecular formula is C14H20N2O3S. The van der Waals surface area contributed by atoms with E-state index in [4.69, 9.17) is 4.74 Å². The Morgan fingerprint density at radius 2 is 2.40 bits per heavy atom. The molecule has 0 aliphatic carbocycles. The molecule has 6 heteroatoms. The first-order valence-electron chi connectivity index (χ1n) is 6.80. The lowest BCUT2D eigenvalue weighted by atomic mass is 10.1. The summed E-state index contributed by atoms with van der Waals surface area (Å²) in [6.07, 6.45) is 1.27. The second-order valence-electron chi connectivity index (χ2n) is 5.01. The third-order valence-corrected chi connectivity index (χ3v) is 4.25. The van der Waals surface area contributed by atoms with Crippen LogP contribution < -0.4 is 10.6 Å². The monoisotopic (exact) mass is 296 g/mol. The highest BCUT2D eigenvalue weighted by Crippen LogP contribution is 2.22. The van der Waals surface area contributed by atoms with Crippen LogP contribution in [0.4, 0.5) is 0 Å². The van der Waals surface area contributed by atoms with Gasteiger partial charge in [-0.15, -0.1) is 11.3 Å². The van der Waals surface area contributed by atoms with Crippen molar-refractivity contribution in [2.75, 3.05) is 19.8 Å². The maximum Gasteiger partial charge on any atom is 0.222 e. The Bertz CT molecular complexity index is 441. The van der Waals surface area contributed by atoms with Crippen LogP contribution in [-0.4, -0.2) is 31.6 Å². The molecule has 1 aliphatic rings. The van der Waals surface area contributed by atoms with Crippen molar-refractivity contribution in [3.05, 3.63) is 22.4 Å². The average molecular weight is 296 g/mol. The molecule has 2 N–H and O–H groups in total. The maximum atomic E-state index is 12.0. The first-order chi connectivity index (χ1) is 9.65. The molecule has 1 saturated heterocycles. The number of rotatable bonds is 6. The molecule has 5 nitrogen and oxygen atoms in total. The minimum Gasteiger partial charge on any atom is -0.381 e. The second kappa shape index (κ2) is 7.40. The number of ether oxygens (including phenoxy) is 1. The van der Waals surface area contributed by atoms with Crippen LogP contribution in [0, 0.1) is 5.92 Å². The number of nitrogens with one attached hydrogen (secondary N) is 2. The van der Waals surface area contributed by atoms with E-state index in [0.29, 0.717) is 12.5 Å². The molecule has 0 aromatic carbocycles. The summed E-state index contributed by atoms with van der Waals surface area (Å²) in [6, 6.07) is 3.61. The number of hydrogen-bond donors (Lipinski definition) is 2. The number of thiophene rings is 1. The average Bonchev–Trinajstić information content (AvgIpc) is 3.08. The molecule has 1 aromatic rings. The minimum atomic E-state index is -0.243. The van der Waals surface area contributed by atoms with E-state index < -0.39 is 0 Å². The molecule has 0 bridgehead atoms. The van der Waals surface area contributed by atoms with Crippen LogP contribution in [0.1, 0.15) is 30.7 Å². The Labute approximate surface area is 122 Å². The van der Waals surface area contributed by atoms with Gasteiger partial charge in [0.1, 0.15) is 0 Å². The first kappa shape index (κ1) is 15.0. The van der Waals surface area contributed by atoms with E-state index in [1.54, 1.807) is 11.3 Å². The third kappa shape index (κ3) is 4.61. The fourth-order valence-corrected chi connectivity index (χ4v) is 3.00. The summed E-state index contributed by atoms with van der Waals surface area (Å²) in [4.78, 5) is 24.2. The summed E-state index contributed by atoms with van der Waals surface area (Å²) in [5.41, 5.74) is 0. The van der Waals surface area contributed by atoms with Crippen molar-refractivity contribution < 1.29 is 14.3 Å². The molecule has 1 fully saturated rings. The summed E-state index contributed by atoms with van der Waals surface area (Å²) >= 11 is 1.54. The van der Waals surface area contributed by atoms with E-state index >= 15 is 0 Å². The summed E-state index contributed by atoms with van der Waals surface area (Å²) < 4.78 is 5.28. The van der Waals surface area contributed by atoms with E-state index in [1.165, 1.54) is 6.92 Å². The van der Waals surface area contributed by atoms with Crippen LogP contribution in [0.5, 0.6) is 0 Å². The largest absolute Gasteiger partial charge is 0.381 e. The molecule has 0 saturated carbocycles. The molecule has 0 radical (unpaired) electrons. The minimum absolute atomic E-state index is 0.0379. The first-order valence-corrected chi connectivity index (χ1v) is 7.68. The summed E-state index contributed by atoms with van der Waals surface area (Å²) in [5, 5.41) is 7.69. The van der Waals surface area contributed by atoms with Crippen molar-refractivity contribution in [3.8, 4) is 0 Å². The van der Waals surface area contributed by atoms with Crippen molar-refractivity contribution in [1.82, 2.24) is 10.6 Å². The van der Waals surface area contributed by atoms with Gasteiger partial charge in [0.05, 0.1) is 19.1 Å². The number of amides is 2. The van der Waals surface area contributed by atoms with E-state index in [0.717, 1.165) is 24.5 Å². The van der Waals surface area contributed by atoms with Gasteiger partial charge in [-0.3, -0.25) is 9.59 Å². The number of carbonyl (C=O) groups excluding carboxylic acids is 2. The van der Waals surface area contributed by atoms with E-state index in [9.17, 15) is 9.59 Å². The predicted octanol–water partition coefficient (Wildman–Crippen LogP) is 1.47. The van der Waals surface area contributed by atoms with Crippen LogP contribution in [0.25, 0.3) is 0 Å². The van der Waals surface area contributed by atoms with Crippen LogP contribution >= 0.6 is 11.3 Å². The summed E-state index contributed by atoms with van der Waals surface area (Å²) in [7, 11) is 0. The van der Waals surface area contributed by atoms with Gasteiger partial charge in [0.2, 0.25) is 11.8 Å². The molecule has 2 atom stereocenters. The zero-order chi connectivity index (χ0) is 14.4. The Hall–Kier alpha value is -1.40. The van der Waals surface area contributed by atoms with E-state index in [2.05, 4.69) is 10.6 Å². The smallest absolute Gasteiger partial charge is 0.222 e. The van der Waals surface area contributed by atoms with Gasteiger partial charge in [0.15, 0.2) is 0 Å². The fraction of sp³-hybridized carbons (Fsp3) is 0.571. The Morgan fingerprint density at radius 3 is 3.00 bits per heavy atom. The van der Waals surface area contributed by atoms with Crippen molar-refractivity contribution >= 4 is 23.2 Å². The zero-order valence-electron chi connectivity index (χ0n) is 11.6. The van der Waals surface area contributed by atoms with E-state index in [1.807, 2.05) is 17.5 Å². The van der Waals surface area contributed by atoms with Crippen molar-refractivity contribution in [2.45, 2.75) is 25.8 Å². The molecule has 1 aromatic heterocycles. The normalized spacial score (nSPS) is 19.6. The topological polar surface area (TPSA) is 67.4 Å². The van der Waals surface area contributed by atoms with Crippen LogP contribution in [0.3, 0.4) is 0 Å². The van der Waals surface area contributed by atoms with Crippen molar-refractivity contribution in [2.24, 2.45) is 5.92 Å². The van der Waals surface area contributed by atoms with Gasteiger partial charge >= 0.3 is 0 Å². The molecule has 1 aliphatic heterocycles. The SMILES string of the molecule is CC(=O)N[C@@H](CC(=O)NC[C@@H]1CCOC1)c1cccs1. The van der Waals surface area contributed by atoms with Crippen molar-refractivity contribution in [3.63, 3.8) is 0 Å². The Kier molecular flexibility index (Phi) is 5.55. The lowest BCUT2D eigenvalue weighted by Gasteiger charge is -2.17. The van der Waals surface area contributed by atoms with E-state index in [-0.39, 0.29) is 24.3 Å². The van der Waals surface area contributed by atoms with Crippen LogP contribution in [-0.2, 0) is 14.3 Å². The standard InChI is InChI=1S/C14H20N2O3S/c1-10(17)16-12(13-3-2-6-20-13)7-14(18)15-8-11-4-5-19-9-11/h2-3,6,11-12H,4-5,7-9H2,1H3,(H,15,18)(H,16,17)/t11-,12-/m0/s1. The van der Waals surface area contributed by atoms with Gasteiger partial charge in [-0.25, -0.2) is 0 Å². The predicted molar refractivity (Wildman–Crippen MR) is 77.4 cm³/mol. The van der Waals surface area contributed by atoms with Gasteiger partial charge in [0, 0.05) is 30.9 Å². The number of carbonyl (C=O) groups is 2. The maximum absolute atomic E-state index is 12.0. The van der Waals surface area contributed by atoms with Gasteiger partial charge in [0.25, 0.3) is 0 Å². The highest BCUT2D eigenvalue weighted by molar-refractivity contribution is 7.10. The lowest BCUT2D eigenvalue weighted by Crippen LogP contribution is -2.34. The third-order valence-electron chi connectivity index (χ3n) is 3.27. The molecule has 0 unspecified atom stereocenters. The van der Waals surface area contributed by atoms with Crippen molar-refractivity contribution in [1.29, 1.82) is 0 Å². The Balaban J connectivity index is 1.83. The quantitative estimate of drug-likeness (QED) is 0.835. The van der Waals surface area contributed by atoms with Gasteiger partial charge in [-0.05, 0) is 17.9 Å². The molecule has 2 amide bonds. The highest BCUT2D eigenvalue weighted by Gasteiger charge is 2.20. The Morgan fingerprint density at radius 1 is 1.55 bits per heavy atom. The summed E-state index contributed by atoms with van der Waals surface area (Å²) in [6.45, 7) is 3.62. The molecule has 0 spiro atoms. The van der Waals surface area contributed by atoms with Gasteiger partial charge in [-0.2, -0.15) is 0 Å². The molecule has 2 rings (SSSR count). The number of hydrogen-bond acceptors (Lipinski definition) is 4. The van der Waals surface area contributed by atoms with Crippen LogP contribution in [0.2, 0.25) is 0 Å². The lowest BCUT2D eigenvalue weighted by molar-refractivity contribution is -0.122. The molecular weight excluding hydrogens is 276 g/mol. The summed E-state index contributed by atoms with van der Waals surface area (Å²) in [5.74, 6) is 0.254. The fourth-order valence-electron chi connectivity index (χ4n) is 2.22. The van der Waals surface area contributed by atoms with Crippen LogP contribution in [0.15, 0.2) is 17.5 Å². The highest BCUT2D eigenvalue weighted by atomic mass is 32.1. The van der Waals surface area contributed by atoms with Gasteiger partial charge < -0.3 is 15.4 Å².